The SMILES string of the molecule is C=C1C(=O)OC2CC3(CO3)C3CC(OC(=O)C(C)C)C(=C)C3(OC(=O)NC(=O)C(Cl)(Cl)Cl)CC12. The Morgan fingerprint density at radius 1 is 1.21 bits per heavy atom. The molecule has 1 spiro atoms. The summed E-state index contributed by atoms with van der Waals surface area (Å²) in [5.41, 5.74) is -1.72. The maximum atomic E-state index is 12.8. The molecule has 6 atom stereocenters. The van der Waals surface area contributed by atoms with Crippen LogP contribution in [0.25, 0.3) is 0 Å². The number of halogens is 3. The van der Waals surface area contributed by atoms with E-state index in [-0.39, 0.29) is 18.4 Å². The normalized spacial score (nSPS) is 36.5. The highest BCUT2D eigenvalue weighted by Gasteiger charge is 2.71. The Kier molecular flexibility index (Phi) is 6.24. The van der Waals surface area contributed by atoms with Gasteiger partial charge in [0.25, 0.3) is 9.70 Å². The Balaban J connectivity index is 1.71. The summed E-state index contributed by atoms with van der Waals surface area (Å²) in [5, 5.41) is 1.91. The van der Waals surface area contributed by atoms with Crippen molar-refractivity contribution in [2.24, 2.45) is 17.8 Å². The van der Waals surface area contributed by atoms with Crippen molar-refractivity contribution in [3.05, 3.63) is 24.3 Å². The van der Waals surface area contributed by atoms with Crippen LogP contribution in [0.1, 0.15) is 33.1 Å². The van der Waals surface area contributed by atoms with Crippen molar-refractivity contribution >= 4 is 58.7 Å². The standard InChI is InChI=1S/C22H24Cl3NO8/c1-9(2)16(27)32-13-5-15-20(8-31-20)7-14-12(10(3)17(28)33-14)6-21(15,11(13)4)34-19(30)26-18(29)22(23,24)25/h9,12-15H,3-8H2,1-2H3,(H,26,29,30). The molecule has 4 aliphatic rings. The van der Waals surface area contributed by atoms with Gasteiger partial charge in [0.2, 0.25) is 0 Å². The highest BCUT2D eigenvalue weighted by Crippen LogP contribution is 2.62. The van der Waals surface area contributed by atoms with Crippen LogP contribution in [0.15, 0.2) is 24.3 Å². The second kappa shape index (κ2) is 8.40. The molecule has 2 aliphatic heterocycles. The van der Waals surface area contributed by atoms with E-state index in [1.54, 1.807) is 13.8 Å². The third-order valence-electron chi connectivity index (χ3n) is 7.06. The van der Waals surface area contributed by atoms with Crippen molar-refractivity contribution in [3.63, 3.8) is 0 Å². The van der Waals surface area contributed by atoms with Crippen molar-refractivity contribution in [3.8, 4) is 0 Å². The number of imide groups is 1. The number of carbonyl (C=O) groups is 4. The topological polar surface area (TPSA) is 121 Å². The lowest BCUT2D eigenvalue weighted by molar-refractivity contribution is -0.151. The number of rotatable bonds is 3. The number of alkyl halides is 3. The molecule has 4 rings (SSSR count). The summed E-state index contributed by atoms with van der Waals surface area (Å²) in [6, 6.07) is 0. The van der Waals surface area contributed by atoms with Crippen LogP contribution in [0.3, 0.4) is 0 Å². The number of esters is 2. The molecule has 2 saturated heterocycles. The number of alkyl carbamates (subject to hydrolysis) is 1. The number of epoxide rings is 1. The first kappa shape index (κ1) is 25.3. The Morgan fingerprint density at radius 2 is 1.85 bits per heavy atom. The van der Waals surface area contributed by atoms with Gasteiger partial charge in [-0.3, -0.25) is 14.9 Å². The molecule has 0 bridgehead atoms. The summed E-state index contributed by atoms with van der Waals surface area (Å²) >= 11 is 16.7. The third-order valence-corrected chi connectivity index (χ3v) is 7.57. The first-order chi connectivity index (χ1) is 15.7. The van der Waals surface area contributed by atoms with Gasteiger partial charge in [0.1, 0.15) is 23.4 Å². The summed E-state index contributed by atoms with van der Waals surface area (Å²) in [7, 11) is 0. The number of fused-ring (bicyclic) bond motifs is 3. The largest absolute Gasteiger partial charge is 0.458 e. The van der Waals surface area contributed by atoms with Crippen molar-refractivity contribution < 1.29 is 38.1 Å². The first-order valence-electron chi connectivity index (χ1n) is 10.7. The fraction of sp³-hybridized carbons (Fsp3) is 0.636. The molecular formula is C22H24Cl3NO8. The van der Waals surface area contributed by atoms with E-state index in [9.17, 15) is 19.2 Å². The van der Waals surface area contributed by atoms with E-state index in [1.165, 1.54) is 0 Å². The zero-order valence-corrected chi connectivity index (χ0v) is 20.8. The third kappa shape index (κ3) is 4.21. The lowest BCUT2D eigenvalue weighted by Gasteiger charge is -2.37. The van der Waals surface area contributed by atoms with E-state index >= 15 is 0 Å². The summed E-state index contributed by atoms with van der Waals surface area (Å²) in [6.45, 7) is 11.7. The van der Waals surface area contributed by atoms with E-state index in [1.807, 2.05) is 5.32 Å². The Labute approximate surface area is 211 Å². The molecule has 0 radical (unpaired) electrons. The zero-order chi connectivity index (χ0) is 25.2. The number of amides is 2. The highest BCUT2D eigenvalue weighted by molar-refractivity contribution is 6.76. The van der Waals surface area contributed by atoms with E-state index in [0.29, 0.717) is 18.6 Å². The lowest BCUT2D eigenvalue weighted by atomic mass is 9.76. The van der Waals surface area contributed by atoms with Crippen LogP contribution in [0, 0.1) is 17.8 Å². The van der Waals surface area contributed by atoms with Crippen LogP contribution in [0.5, 0.6) is 0 Å². The fourth-order valence-electron chi connectivity index (χ4n) is 5.22. The average molecular weight is 537 g/mol. The maximum Gasteiger partial charge on any atom is 0.414 e. The molecule has 4 fully saturated rings. The monoisotopic (exact) mass is 535 g/mol. The molecule has 2 amide bonds. The lowest BCUT2D eigenvalue weighted by Crippen LogP contribution is -2.50. The number of nitrogens with one attached hydrogen (secondary N) is 1. The quantitative estimate of drug-likeness (QED) is 0.146. The molecule has 12 heteroatoms. The smallest absolute Gasteiger partial charge is 0.414 e. The van der Waals surface area contributed by atoms with Gasteiger partial charge in [-0.2, -0.15) is 0 Å². The molecule has 6 unspecified atom stereocenters. The van der Waals surface area contributed by atoms with E-state index in [4.69, 9.17) is 53.8 Å². The number of ether oxygens (including phenoxy) is 4. The van der Waals surface area contributed by atoms with Crippen molar-refractivity contribution in [2.45, 2.75) is 60.3 Å². The van der Waals surface area contributed by atoms with E-state index in [2.05, 4.69) is 13.2 Å². The summed E-state index contributed by atoms with van der Waals surface area (Å²) in [5.74, 6) is -3.58. The Bertz CT molecular complexity index is 985. The molecule has 0 aromatic rings. The second-order valence-electron chi connectivity index (χ2n) is 9.46. The molecule has 0 aromatic heterocycles. The predicted molar refractivity (Wildman–Crippen MR) is 120 cm³/mol. The Morgan fingerprint density at radius 3 is 2.41 bits per heavy atom. The molecule has 1 N–H and O–H groups in total. The minimum atomic E-state index is -2.40. The maximum absolute atomic E-state index is 12.8. The molecule has 2 aliphatic carbocycles. The molecule has 0 aromatic carbocycles. The number of carbonyl (C=O) groups excluding carboxylic acids is 4. The summed E-state index contributed by atoms with van der Waals surface area (Å²) in [6.07, 6.45) is -1.79. The van der Waals surface area contributed by atoms with Gasteiger partial charge in [-0.15, -0.1) is 0 Å². The van der Waals surface area contributed by atoms with E-state index in [0.717, 1.165) is 0 Å². The van der Waals surface area contributed by atoms with Crippen molar-refractivity contribution in [1.29, 1.82) is 0 Å². The van der Waals surface area contributed by atoms with Crippen LogP contribution >= 0.6 is 34.8 Å². The van der Waals surface area contributed by atoms with Crippen LogP contribution < -0.4 is 5.32 Å². The summed E-state index contributed by atoms with van der Waals surface area (Å²) in [4.78, 5) is 49.5. The molecule has 186 valence electrons. The van der Waals surface area contributed by atoms with Gasteiger partial charge in [0, 0.05) is 35.8 Å². The molecule has 34 heavy (non-hydrogen) atoms. The van der Waals surface area contributed by atoms with Gasteiger partial charge in [-0.1, -0.05) is 61.8 Å². The van der Waals surface area contributed by atoms with Gasteiger partial charge >= 0.3 is 18.0 Å². The molecule has 9 nitrogen and oxygen atoms in total. The average Bonchev–Trinajstić information content (AvgIpc) is 3.41. The number of hydrogen-bond donors (Lipinski definition) is 1. The van der Waals surface area contributed by atoms with Gasteiger partial charge in [0.05, 0.1) is 12.5 Å². The minimum absolute atomic E-state index is 0.0714. The predicted octanol–water partition coefficient (Wildman–Crippen LogP) is 3.15. The molecule has 2 saturated carbocycles. The van der Waals surface area contributed by atoms with E-state index < -0.39 is 68.9 Å². The van der Waals surface area contributed by atoms with Gasteiger partial charge in [-0.25, -0.2) is 9.59 Å². The van der Waals surface area contributed by atoms with Crippen molar-refractivity contribution in [1.82, 2.24) is 5.32 Å². The number of hydrogen-bond acceptors (Lipinski definition) is 8. The van der Waals surface area contributed by atoms with Crippen LogP contribution in [0.4, 0.5) is 4.79 Å². The van der Waals surface area contributed by atoms with Crippen LogP contribution in [0.2, 0.25) is 0 Å². The molecule has 2 heterocycles. The highest BCUT2D eigenvalue weighted by atomic mass is 35.6. The van der Waals surface area contributed by atoms with Crippen LogP contribution in [-0.2, 0) is 33.3 Å². The van der Waals surface area contributed by atoms with Gasteiger partial charge < -0.3 is 18.9 Å². The molecular weight excluding hydrogens is 513 g/mol. The second-order valence-corrected chi connectivity index (χ2v) is 11.7. The Hall–Kier alpha value is -1.81. The minimum Gasteiger partial charge on any atom is -0.458 e. The summed E-state index contributed by atoms with van der Waals surface area (Å²) < 4.78 is 20.5. The fourth-order valence-corrected chi connectivity index (χ4v) is 5.36. The van der Waals surface area contributed by atoms with Crippen LogP contribution in [-0.4, -0.2) is 57.7 Å². The zero-order valence-electron chi connectivity index (χ0n) is 18.5. The van der Waals surface area contributed by atoms with Gasteiger partial charge in [0.15, 0.2) is 0 Å². The van der Waals surface area contributed by atoms with Gasteiger partial charge in [-0.05, 0) is 6.42 Å². The first-order valence-corrected chi connectivity index (χ1v) is 11.9. The van der Waals surface area contributed by atoms with Crippen molar-refractivity contribution in [2.75, 3.05) is 6.61 Å².